The summed E-state index contributed by atoms with van der Waals surface area (Å²) in [5.41, 5.74) is 5.83. The van der Waals surface area contributed by atoms with Crippen molar-refractivity contribution in [2.75, 3.05) is 13.2 Å². The van der Waals surface area contributed by atoms with Crippen molar-refractivity contribution in [3.05, 3.63) is 93.8 Å². The highest BCUT2D eigenvalue weighted by Crippen LogP contribution is 2.43. The average Bonchev–Trinajstić information content (AvgIpc) is 3.32. The molecule has 2 unspecified atom stereocenters. The van der Waals surface area contributed by atoms with E-state index in [1.165, 1.54) is 16.7 Å². The van der Waals surface area contributed by atoms with Crippen molar-refractivity contribution in [3.63, 3.8) is 0 Å². The second-order valence-corrected chi connectivity index (χ2v) is 18.0. The van der Waals surface area contributed by atoms with Crippen LogP contribution in [0, 0.1) is 6.92 Å². The lowest BCUT2D eigenvalue weighted by molar-refractivity contribution is -0.00139. The summed E-state index contributed by atoms with van der Waals surface area (Å²) in [4.78, 5) is 4.42. The molecule has 0 spiro atoms. The summed E-state index contributed by atoms with van der Waals surface area (Å²) in [6, 6.07) is 19.4. The standard InChI is InChI=1S/C32H40BrN3O2Si/c1-22-18-23(15-16-34-22)26-13-9-17-37-31(26)27-12-8-14-29-28(27)20-35-36(29)30(24-10-7-11-25(33)19-24)21-38-39(5,6)32(2,3)4/h7-8,10-12,14-16,18-20,26,30-31H,9,13,17,21H2,1-6H3/t26?,30-,31?/m1/s1. The van der Waals surface area contributed by atoms with Crippen molar-refractivity contribution in [2.45, 2.75) is 76.7 Å². The van der Waals surface area contributed by atoms with Crippen LogP contribution in [0.3, 0.4) is 0 Å². The van der Waals surface area contributed by atoms with Crippen LogP contribution in [0.15, 0.2) is 71.5 Å². The van der Waals surface area contributed by atoms with E-state index in [9.17, 15) is 0 Å². The minimum Gasteiger partial charge on any atom is -0.414 e. The van der Waals surface area contributed by atoms with E-state index in [1.807, 2.05) is 12.4 Å². The summed E-state index contributed by atoms with van der Waals surface area (Å²) in [5, 5.41) is 6.28. The van der Waals surface area contributed by atoms with E-state index < -0.39 is 8.32 Å². The van der Waals surface area contributed by atoms with Gasteiger partial charge in [0.25, 0.3) is 0 Å². The highest BCUT2D eigenvalue weighted by molar-refractivity contribution is 9.10. The van der Waals surface area contributed by atoms with E-state index in [2.05, 4.69) is 121 Å². The number of pyridine rings is 1. The number of hydrogen-bond donors (Lipinski definition) is 0. The fourth-order valence-electron chi connectivity index (χ4n) is 5.34. The Balaban J connectivity index is 1.56. The Bertz CT molecular complexity index is 1440. The quantitative estimate of drug-likeness (QED) is 0.198. The Kier molecular flexibility index (Phi) is 8.16. The zero-order valence-corrected chi connectivity index (χ0v) is 26.5. The molecule has 3 atom stereocenters. The van der Waals surface area contributed by atoms with E-state index in [0.29, 0.717) is 6.61 Å². The number of ether oxygens (including phenoxy) is 1. The van der Waals surface area contributed by atoms with Gasteiger partial charge in [0.05, 0.1) is 30.5 Å². The number of fused-ring (bicyclic) bond motifs is 1. The first-order chi connectivity index (χ1) is 18.5. The van der Waals surface area contributed by atoms with Crippen LogP contribution in [0.1, 0.15) is 74.1 Å². The molecular formula is C32H40BrN3O2Si. The second kappa shape index (κ2) is 11.3. The Morgan fingerprint density at radius 1 is 1.13 bits per heavy atom. The fraction of sp³-hybridized carbons (Fsp3) is 0.438. The van der Waals surface area contributed by atoms with E-state index in [0.717, 1.165) is 40.5 Å². The number of aryl methyl sites for hydroxylation is 1. The lowest BCUT2D eigenvalue weighted by Gasteiger charge is -2.37. The van der Waals surface area contributed by atoms with Crippen LogP contribution in [-0.4, -0.2) is 36.3 Å². The highest BCUT2D eigenvalue weighted by atomic mass is 79.9. The van der Waals surface area contributed by atoms with E-state index in [4.69, 9.17) is 14.3 Å². The van der Waals surface area contributed by atoms with Crippen LogP contribution < -0.4 is 0 Å². The maximum atomic E-state index is 6.79. The molecule has 7 heteroatoms. The Hall–Kier alpha value is -2.32. The van der Waals surface area contributed by atoms with Gasteiger partial charge in [-0.15, -0.1) is 0 Å². The molecule has 5 nitrogen and oxygen atoms in total. The van der Waals surface area contributed by atoms with Gasteiger partial charge in [-0.3, -0.25) is 9.67 Å². The third-order valence-electron chi connectivity index (χ3n) is 8.59. The lowest BCUT2D eigenvalue weighted by atomic mass is 9.83. The summed E-state index contributed by atoms with van der Waals surface area (Å²) < 4.78 is 16.5. The molecule has 0 saturated carbocycles. The smallest absolute Gasteiger partial charge is 0.192 e. The van der Waals surface area contributed by atoms with Crippen molar-refractivity contribution >= 4 is 35.2 Å². The van der Waals surface area contributed by atoms with Gasteiger partial charge in [0.2, 0.25) is 0 Å². The maximum absolute atomic E-state index is 6.79. The number of benzene rings is 2. The monoisotopic (exact) mass is 605 g/mol. The first-order valence-corrected chi connectivity index (χ1v) is 17.6. The van der Waals surface area contributed by atoms with Crippen LogP contribution >= 0.6 is 15.9 Å². The third-order valence-corrected chi connectivity index (χ3v) is 13.6. The van der Waals surface area contributed by atoms with Crippen LogP contribution in [0.4, 0.5) is 0 Å². The first-order valence-electron chi connectivity index (χ1n) is 13.9. The molecule has 1 fully saturated rings. The second-order valence-electron chi connectivity index (χ2n) is 12.3. The van der Waals surface area contributed by atoms with Crippen molar-refractivity contribution in [1.29, 1.82) is 0 Å². The predicted molar refractivity (Wildman–Crippen MR) is 165 cm³/mol. The minimum absolute atomic E-state index is 0.0188. The van der Waals surface area contributed by atoms with Crippen molar-refractivity contribution in [1.82, 2.24) is 14.8 Å². The van der Waals surface area contributed by atoms with Crippen molar-refractivity contribution in [3.8, 4) is 0 Å². The van der Waals surface area contributed by atoms with Crippen LogP contribution in [0.5, 0.6) is 0 Å². The average molecular weight is 607 g/mol. The summed E-state index contributed by atoms with van der Waals surface area (Å²) in [6.45, 7) is 14.9. The molecule has 0 bridgehead atoms. The normalized spacial score (nSPS) is 19.4. The molecule has 1 aliphatic rings. The number of hydrogen-bond acceptors (Lipinski definition) is 4. The molecule has 0 radical (unpaired) electrons. The Labute approximate surface area is 242 Å². The lowest BCUT2D eigenvalue weighted by Crippen LogP contribution is -2.42. The zero-order chi connectivity index (χ0) is 27.8. The van der Waals surface area contributed by atoms with Gasteiger partial charge in [-0.05, 0) is 84.9 Å². The van der Waals surface area contributed by atoms with Crippen LogP contribution in [0.2, 0.25) is 18.1 Å². The summed E-state index contributed by atoms with van der Waals surface area (Å²) >= 11 is 3.68. The van der Waals surface area contributed by atoms with Gasteiger partial charge in [0.1, 0.15) is 0 Å². The molecule has 1 saturated heterocycles. The molecule has 5 rings (SSSR count). The SMILES string of the molecule is Cc1cc(C2CCCOC2c2cccc3c2cnn3[C@H](CO[Si](C)(C)C(C)(C)C)c2cccc(Br)c2)ccn1. The molecule has 4 aromatic rings. The molecule has 39 heavy (non-hydrogen) atoms. The molecule has 0 N–H and O–H groups in total. The fourth-order valence-corrected chi connectivity index (χ4v) is 6.77. The van der Waals surface area contributed by atoms with Gasteiger partial charge in [-0.1, -0.05) is 61.0 Å². The summed E-state index contributed by atoms with van der Waals surface area (Å²) in [5.74, 6) is 0.289. The molecular weight excluding hydrogens is 566 g/mol. The van der Waals surface area contributed by atoms with Gasteiger partial charge in [0, 0.05) is 34.3 Å². The van der Waals surface area contributed by atoms with E-state index >= 15 is 0 Å². The molecule has 2 aromatic carbocycles. The van der Waals surface area contributed by atoms with Gasteiger partial charge in [-0.25, -0.2) is 0 Å². The van der Waals surface area contributed by atoms with E-state index in [-0.39, 0.29) is 23.1 Å². The van der Waals surface area contributed by atoms with Gasteiger partial charge >= 0.3 is 0 Å². The molecule has 2 aromatic heterocycles. The highest BCUT2D eigenvalue weighted by Gasteiger charge is 2.38. The van der Waals surface area contributed by atoms with Gasteiger partial charge in [-0.2, -0.15) is 5.10 Å². The molecule has 0 aliphatic carbocycles. The third kappa shape index (κ3) is 5.92. The van der Waals surface area contributed by atoms with Gasteiger partial charge < -0.3 is 9.16 Å². The topological polar surface area (TPSA) is 49.2 Å². The molecule has 0 amide bonds. The number of nitrogens with zero attached hydrogens (tertiary/aromatic N) is 3. The predicted octanol–water partition coefficient (Wildman–Crippen LogP) is 8.75. The van der Waals surface area contributed by atoms with E-state index in [1.54, 1.807) is 0 Å². The van der Waals surface area contributed by atoms with Crippen molar-refractivity contribution < 1.29 is 9.16 Å². The molecule has 206 valence electrons. The molecule has 1 aliphatic heterocycles. The number of aromatic nitrogens is 3. The van der Waals surface area contributed by atoms with Crippen molar-refractivity contribution in [2.24, 2.45) is 0 Å². The van der Waals surface area contributed by atoms with Crippen LogP contribution in [0.25, 0.3) is 10.9 Å². The first kappa shape index (κ1) is 28.2. The largest absolute Gasteiger partial charge is 0.414 e. The zero-order valence-electron chi connectivity index (χ0n) is 23.9. The summed E-state index contributed by atoms with van der Waals surface area (Å²) in [7, 11) is -1.96. The number of halogens is 1. The Morgan fingerprint density at radius 3 is 2.67 bits per heavy atom. The molecule has 3 heterocycles. The van der Waals surface area contributed by atoms with Gasteiger partial charge in [0.15, 0.2) is 8.32 Å². The summed E-state index contributed by atoms with van der Waals surface area (Å²) in [6.07, 6.45) is 6.08. The Morgan fingerprint density at radius 2 is 1.92 bits per heavy atom. The maximum Gasteiger partial charge on any atom is 0.192 e. The number of rotatable bonds is 7. The van der Waals surface area contributed by atoms with Crippen LogP contribution in [-0.2, 0) is 9.16 Å². The minimum atomic E-state index is -1.96.